The van der Waals surface area contributed by atoms with E-state index in [1.54, 1.807) is 0 Å². The van der Waals surface area contributed by atoms with E-state index in [0.29, 0.717) is 11.3 Å². The second-order valence-corrected chi connectivity index (χ2v) is 6.59. The van der Waals surface area contributed by atoms with Crippen molar-refractivity contribution < 1.29 is 4.79 Å². The van der Waals surface area contributed by atoms with E-state index < -0.39 is 0 Å². The van der Waals surface area contributed by atoms with Crippen LogP contribution >= 0.6 is 0 Å². The fraction of sp³-hybridized carbons (Fsp3) is 0.143. The van der Waals surface area contributed by atoms with Gasteiger partial charge >= 0.3 is 0 Å². The minimum absolute atomic E-state index is 0.110. The molecule has 1 aromatic heterocycles. The highest BCUT2D eigenvalue weighted by Gasteiger charge is 2.28. The zero-order chi connectivity index (χ0) is 18.3. The first-order chi connectivity index (χ1) is 12.5. The standard InChI is InChI=1S/C21H20N4O/c1-14-19(21(26)25(23-14)17-7-5-4-6-8-17)12-16-11-15-9-10-18(24(2)3)13-20(15)22-16/h4-13,22H,1-3H3/b19-12-. The second kappa shape index (κ2) is 6.19. The summed E-state index contributed by atoms with van der Waals surface area (Å²) in [5.74, 6) is -0.110. The molecule has 0 unspecified atom stereocenters. The summed E-state index contributed by atoms with van der Waals surface area (Å²) in [6.45, 7) is 1.86. The SMILES string of the molecule is CC1=NN(c2ccccc2)C(=O)/C1=C\c1cc2ccc(N(C)C)cc2[nH]1. The number of aromatic nitrogens is 1. The van der Waals surface area contributed by atoms with Crippen LogP contribution in [0.15, 0.2) is 65.3 Å². The van der Waals surface area contributed by atoms with Crippen molar-refractivity contribution in [2.24, 2.45) is 5.10 Å². The van der Waals surface area contributed by atoms with Crippen molar-refractivity contribution in [2.45, 2.75) is 6.92 Å². The molecule has 1 N–H and O–H groups in total. The molecule has 2 aromatic carbocycles. The highest BCUT2D eigenvalue weighted by molar-refractivity contribution is 6.32. The van der Waals surface area contributed by atoms with Gasteiger partial charge in [0.25, 0.3) is 5.91 Å². The van der Waals surface area contributed by atoms with Crippen molar-refractivity contribution in [3.63, 3.8) is 0 Å². The molecule has 0 atom stereocenters. The number of hydrogen-bond donors (Lipinski definition) is 1. The topological polar surface area (TPSA) is 51.7 Å². The van der Waals surface area contributed by atoms with Crippen molar-refractivity contribution in [3.05, 3.63) is 65.9 Å². The van der Waals surface area contributed by atoms with E-state index in [0.717, 1.165) is 28.0 Å². The van der Waals surface area contributed by atoms with E-state index in [4.69, 9.17) is 0 Å². The maximum absolute atomic E-state index is 12.8. The largest absolute Gasteiger partial charge is 0.378 e. The van der Waals surface area contributed by atoms with Crippen LogP contribution in [0.1, 0.15) is 12.6 Å². The third-order valence-corrected chi connectivity index (χ3v) is 4.51. The number of carbonyl (C=O) groups is 1. The third kappa shape index (κ3) is 2.77. The quantitative estimate of drug-likeness (QED) is 0.729. The van der Waals surface area contributed by atoms with E-state index in [9.17, 15) is 4.79 Å². The van der Waals surface area contributed by atoms with Crippen molar-refractivity contribution in [3.8, 4) is 0 Å². The first-order valence-corrected chi connectivity index (χ1v) is 8.50. The number of fused-ring (bicyclic) bond motifs is 1. The second-order valence-electron chi connectivity index (χ2n) is 6.59. The van der Waals surface area contributed by atoms with Crippen LogP contribution < -0.4 is 9.91 Å². The van der Waals surface area contributed by atoms with E-state index in [1.807, 2.05) is 63.5 Å². The molecule has 0 saturated heterocycles. The summed E-state index contributed by atoms with van der Waals surface area (Å²) in [6, 6.07) is 17.8. The normalized spacial score (nSPS) is 15.8. The van der Waals surface area contributed by atoms with Gasteiger partial charge in [0.05, 0.1) is 17.0 Å². The summed E-state index contributed by atoms with van der Waals surface area (Å²) in [5.41, 5.74) is 5.16. The number of benzene rings is 2. The van der Waals surface area contributed by atoms with Gasteiger partial charge < -0.3 is 9.88 Å². The van der Waals surface area contributed by atoms with Crippen LogP contribution in [0.2, 0.25) is 0 Å². The Morgan fingerprint density at radius 1 is 1.08 bits per heavy atom. The smallest absolute Gasteiger partial charge is 0.280 e. The van der Waals surface area contributed by atoms with Gasteiger partial charge in [0.2, 0.25) is 0 Å². The van der Waals surface area contributed by atoms with Crippen molar-refractivity contribution >= 4 is 40.0 Å². The Hall–Kier alpha value is -3.34. The van der Waals surface area contributed by atoms with E-state index in [1.165, 1.54) is 5.01 Å². The first-order valence-electron chi connectivity index (χ1n) is 8.50. The number of nitrogens with one attached hydrogen (secondary N) is 1. The van der Waals surface area contributed by atoms with Gasteiger partial charge in [-0.2, -0.15) is 10.1 Å². The predicted octanol–water partition coefficient (Wildman–Crippen LogP) is 4.04. The van der Waals surface area contributed by atoms with Crippen molar-refractivity contribution in [2.75, 3.05) is 24.0 Å². The Kier molecular flexibility index (Phi) is 3.84. The molecule has 0 bridgehead atoms. The van der Waals surface area contributed by atoms with Gasteiger partial charge in [-0.1, -0.05) is 24.3 Å². The predicted molar refractivity (Wildman–Crippen MR) is 108 cm³/mol. The molecule has 0 fully saturated rings. The lowest BCUT2D eigenvalue weighted by atomic mass is 10.1. The van der Waals surface area contributed by atoms with Crippen LogP contribution in [0.5, 0.6) is 0 Å². The molecule has 2 heterocycles. The minimum atomic E-state index is -0.110. The summed E-state index contributed by atoms with van der Waals surface area (Å²) in [4.78, 5) is 18.2. The van der Waals surface area contributed by atoms with Gasteiger partial charge in [0, 0.05) is 36.4 Å². The van der Waals surface area contributed by atoms with E-state index in [2.05, 4.69) is 33.2 Å². The summed E-state index contributed by atoms with van der Waals surface area (Å²) in [5, 5.41) is 6.99. The van der Waals surface area contributed by atoms with Crippen LogP contribution in [0, 0.1) is 0 Å². The van der Waals surface area contributed by atoms with Gasteiger partial charge in [0.1, 0.15) is 0 Å². The Morgan fingerprint density at radius 3 is 2.58 bits per heavy atom. The Morgan fingerprint density at radius 2 is 1.85 bits per heavy atom. The molecule has 1 aliphatic heterocycles. The van der Waals surface area contributed by atoms with Crippen LogP contribution in [0.3, 0.4) is 0 Å². The number of rotatable bonds is 3. The lowest BCUT2D eigenvalue weighted by molar-refractivity contribution is -0.114. The number of para-hydroxylation sites is 1. The number of H-pyrrole nitrogens is 1. The Labute approximate surface area is 152 Å². The fourth-order valence-corrected chi connectivity index (χ4v) is 3.08. The summed E-state index contributed by atoms with van der Waals surface area (Å²) in [6.07, 6.45) is 1.87. The minimum Gasteiger partial charge on any atom is -0.378 e. The summed E-state index contributed by atoms with van der Waals surface area (Å²) >= 11 is 0. The number of hydrazone groups is 1. The maximum Gasteiger partial charge on any atom is 0.280 e. The third-order valence-electron chi connectivity index (χ3n) is 4.51. The molecule has 130 valence electrons. The molecular formula is C21H20N4O. The van der Waals surface area contributed by atoms with Crippen LogP contribution in [0.25, 0.3) is 17.0 Å². The zero-order valence-corrected chi connectivity index (χ0v) is 15.0. The lowest BCUT2D eigenvalue weighted by Crippen LogP contribution is -2.21. The molecule has 5 nitrogen and oxygen atoms in total. The molecule has 3 aromatic rings. The number of anilines is 2. The average Bonchev–Trinajstić information content (AvgIpc) is 3.17. The number of hydrogen-bond acceptors (Lipinski definition) is 3. The van der Waals surface area contributed by atoms with Crippen LogP contribution in [-0.4, -0.2) is 30.7 Å². The number of carbonyl (C=O) groups excluding carboxylic acids is 1. The highest BCUT2D eigenvalue weighted by atomic mass is 16.2. The van der Waals surface area contributed by atoms with E-state index in [-0.39, 0.29) is 5.91 Å². The summed E-state index contributed by atoms with van der Waals surface area (Å²) < 4.78 is 0. The van der Waals surface area contributed by atoms with Gasteiger partial charge in [-0.05, 0) is 43.3 Å². The van der Waals surface area contributed by atoms with Crippen LogP contribution in [0.4, 0.5) is 11.4 Å². The molecule has 5 heteroatoms. The number of aromatic amines is 1. The lowest BCUT2D eigenvalue weighted by Gasteiger charge is -2.11. The molecule has 1 aliphatic rings. The molecule has 4 rings (SSSR count). The molecule has 1 amide bonds. The zero-order valence-electron chi connectivity index (χ0n) is 15.0. The molecule has 0 aliphatic carbocycles. The van der Waals surface area contributed by atoms with Gasteiger partial charge in [-0.3, -0.25) is 4.79 Å². The molecule has 0 saturated carbocycles. The van der Waals surface area contributed by atoms with Gasteiger partial charge in [-0.25, -0.2) is 0 Å². The molecule has 0 spiro atoms. The molecular weight excluding hydrogens is 324 g/mol. The van der Waals surface area contributed by atoms with Gasteiger partial charge in [0.15, 0.2) is 0 Å². The van der Waals surface area contributed by atoms with Crippen molar-refractivity contribution in [1.29, 1.82) is 0 Å². The Bertz CT molecular complexity index is 1040. The first kappa shape index (κ1) is 16.1. The number of amides is 1. The number of nitrogens with zero attached hydrogens (tertiary/aromatic N) is 3. The Balaban J connectivity index is 1.69. The average molecular weight is 344 g/mol. The van der Waals surface area contributed by atoms with Crippen LogP contribution in [-0.2, 0) is 4.79 Å². The fourth-order valence-electron chi connectivity index (χ4n) is 3.08. The van der Waals surface area contributed by atoms with Crippen molar-refractivity contribution in [1.82, 2.24) is 4.98 Å². The highest BCUT2D eigenvalue weighted by Crippen LogP contribution is 2.26. The molecule has 26 heavy (non-hydrogen) atoms. The maximum atomic E-state index is 12.8. The molecule has 0 radical (unpaired) electrons. The van der Waals surface area contributed by atoms with E-state index >= 15 is 0 Å². The summed E-state index contributed by atoms with van der Waals surface area (Å²) in [7, 11) is 4.03. The van der Waals surface area contributed by atoms with Gasteiger partial charge in [-0.15, -0.1) is 0 Å². The monoisotopic (exact) mass is 344 g/mol.